The molecule has 0 N–H and O–H groups in total. The molecule has 0 aromatic carbocycles. The SMILES string of the molecule is COCCN1CCC[C@]2(CCN(c3nnc(C(C)C)s3)C2)C1=O. The molecule has 2 fully saturated rings. The number of rotatable bonds is 5. The summed E-state index contributed by atoms with van der Waals surface area (Å²) in [5.74, 6) is 0.704. The van der Waals surface area contributed by atoms with Gasteiger partial charge in [0.1, 0.15) is 5.01 Å². The molecule has 1 amide bonds. The van der Waals surface area contributed by atoms with Gasteiger partial charge in [0.05, 0.1) is 12.0 Å². The number of methoxy groups -OCH3 is 1. The first-order valence-corrected chi connectivity index (χ1v) is 9.24. The average molecular weight is 338 g/mol. The smallest absolute Gasteiger partial charge is 0.230 e. The lowest BCUT2D eigenvalue weighted by Crippen LogP contribution is -2.50. The van der Waals surface area contributed by atoms with Crippen molar-refractivity contribution in [1.29, 1.82) is 0 Å². The zero-order valence-corrected chi connectivity index (χ0v) is 15.1. The normalized spacial score (nSPS) is 25.1. The molecule has 2 saturated heterocycles. The molecule has 3 rings (SSSR count). The highest BCUT2D eigenvalue weighted by atomic mass is 32.1. The number of aromatic nitrogens is 2. The number of amides is 1. The maximum atomic E-state index is 13.0. The van der Waals surface area contributed by atoms with E-state index in [9.17, 15) is 4.79 Å². The molecule has 0 saturated carbocycles. The molecule has 23 heavy (non-hydrogen) atoms. The Kier molecular flexibility index (Phi) is 4.87. The molecule has 1 atom stereocenters. The Hall–Kier alpha value is -1.21. The molecule has 0 aliphatic carbocycles. The Morgan fingerprint density at radius 3 is 2.83 bits per heavy atom. The van der Waals surface area contributed by atoms with E-state index in [0.717, 1.165) is 49.0 Å². The van der Waals surface area contributed by atoms with E-state index < -0.39 is 0 Å². The van der Waals surface area contributed by atoms with Gasteiger partial charge in [0.25, 0.3) is 0 Å². The lowest BCUT2D eigenvalue weighted by Gasteiger charge is -2.39. The van der Waals surface area contributed by atoms with Crippen LogP contribution in [-0.4, -0.2) is 60.9 Å². The third-order valence-corrected chi connectivity index (χ3v) is 6.22. The number of anilines is 1. The van der Waals surface area contributed by atoms with E-state index in [0.29, 0.717) is 25.0 Å². The van der Waals surface area contributed by atoms with Gasteiger partial charge in [-0.15, -0.1) is 10.2 Å². The van der Waals surface area contributed by atoms with Gasteiger partial charge in [0.15, 0.2) is 0 Å². The third kappa shape index (κ3) is 3.21. The lowest BCUT2D eigenvalue weighted by atomic mass is 9.78. The summed E-state index contributed by atoms with van der Waals surface area (Å²) in [6.45, 7) is 8.12. The zero-order chi connectivity index (χ0) is 16.4. The Morgan fingerprint density at radius 1 is 1.30 bits per heavy atom. The second-order valence-corrected chi connectivity index (χ2v) is 7.91. The first kappa shape index (κ1) is 16.6. The van der Waals surface area contributed by atoms with Gasteiger partial charge < -0.3 is 14.5 Å². The first-order chi connectivity index (χ1) is 11.1. The van der Waals surface area contributed by atoms with Crippen molar-refractivity contribution in [2.75, 3.05) is 44.8 Å². The van der Waals surface area contributed by atoms with Crippen molar-refractivity contribution in [3.63, 3.8) is 0 Å². The van der Waals surface area contributed by atoms with Gasteiger partial charge in [-0.2, -0.15) is 0 Å². The van der Waals surface area contributed by atoms with Gasteiger partial charge >= 0.3 is 0 Å². The van der Waals surface area contributed by atoms with Gasteiger partial charge in [-0.3, -0.25) is 4.79 Å². The zero-order valence-electron chi connectivity index (χ0n) is 14.2. The number of hydrogen-bond acceptors (Lipinski definition) is 6. The van der Waals surface area contributed by atoms with E-state index in [1.54, 1.807) is 18.4 Å². The molecule has 3 heterocycles. The largest absolute Gasteiger partial charge is 0.383 e. The van der Waals surface area contributed by atoms with E-state index >= 15 is 0 Å². The van der Waals surface area contributed by atoms with Crippen LogP contribution >= 0.6 is 11.3 Å². The van der Waals surface area contributed by atoms with Crippen LogP contribution in [0.5, 0.6) is 0 Å². The summed E-state index contributed by atoms with van der Waals surface area (Å²) in [5.41, 5.74) is -0.227. The maximum Gasteiger partial charge on any atom is 0.230 e. The summed E-state index contributed by atoms with van der Waals surface area (Å²) in [7, 11) is 1.68. The Bertz CT molecular complexity index is 562. The molecular formula is C16H26N4O2S. The van der Waals surface area contributed by atoms with Crippen molar-refractivity contribution in [2.24, 2.45) is 5.41 Å². The minimum absolute atomic E-state index is 0.227. The molecule has 0 radical (unpaired) electrons. The summed E-state index contributed by atoms with van der Waals surface area (Å²) in [6.07, 6.45) is 2.99. The summed E-state index contributed by atoms with van der Waals surface area (Å²) >= 11 is 1.66. The second-order valence-electron chi connectivity index (χ2n) is 6.92. The molecule has 1 aromatic rings. The molecule has 1 spiro atoms. The quantitative estimate of drug-likeness (QED) is 0.823. The van der Waals surface area contributed by atoms with Crippen molar-refractivity contribution in [2.45, 2.75) is 39.0 Å². The number of nitrogens with zero attached hydrogens (tertiary/aromatic N) is 4. The summed E-state index contributed by atoms with van der Waals surface area (Å²) in [6, 6.07) is 0. The van der Waals surface area contributed by atoms with Gasteiger partial charge in [0, 0.05) is 39.2 Å². The standard InChI is InChI=1S/C16H26N4O2S/c1-12(2)13-17-18-15(23-13)20-8-6-16(11-20)5-4-7-19(14(16)21)9-10-22-3/h12H,4-11H2,1-3H3/t16-/m1/s1. The number of ether oxygens (including phenoxy) is 1. The Balaban J connectivity index is 1.70. The van der Waals surface area contributed by atoms with Crippen LogP contribution < -0.4 is 4.90 Å². The highest BCUT2D eigenvalue weighted by Gasteiger charge is 2.48. The van der Waals surface area contributed by atoms with Crippen molar-refractivity contribution in [1.82, 2.24) is 15.1 Å². The predicted molar refractivity (Wildman–Crippen MR) is 91.0 cm³/mol. The highest BCUT2D eigenvalue weighted by Crippen LogP contribution is 2.42. The minimum Gasteiger partial charge on any atom is -0.383 e. The molecule has 128 valence electrons. The van der Waals surface area contributed by atoms with Crippen LogP contribution in [-0.2, 0) is 9.53 Å². The number of piperidine rings is 1. The van der Waals surface area contributed by atoms with Crippen LogP contribution in [0, 0.1) is 5.41 Å². The van der Waals surface area contributed by atoms with E-state index in [1.165, 1.54) is 0 Å². The van der Waals surface area contributed by atoms with Crippen LogP contribution in [0.15, 0.2) is 0 Å². The fraction of sp³-hybridized carbons (Fsp3) is 0.812. The van der Waals surface area contributed by atoms with Crippen LogP contribution in [0.25, 0.3) is 0 Å². The van der Waals surface area contributed by atoms with Gasteiger partial charge in [-0.05, 0) is 19.3 Å². The fourth-order valence-electron chi connectivity index (χ4n) is 3.57. The van der Waals surface area contributed by atoms with Gasteiger partial charge in [-0.25, -0.2) is 0 Å². The van der Waals surface area contributed by atoms with E-state index in [1.807, 2.05) is 4.90 Å². The summed E-state index contributed by atoms with van der Waals surface area (Å²) < 4.78 is 5.14. The highest BCUT2D eigenvalue weighted by molar-refractivity contribution is 7.15. The first-order valence-electron chi connectivity index (χ1n) is 8.42. The number of carbonyl (C=O) groups excluding carboxylic acids is 1. The van der Waals surface area contributed by atoms with Gasteiger partial charge in [0.2, 0.25) is 11.0 Å². The Labute approximate surface area is 141 Å². The van der Waals surface area contributed by atoms with Crippen LogP contribution in [0.1, 0.15) is 44.0 Å². The molecule has 1 aromatic heterocycles. The summed E-state index contributed by atoms with van der Waals surface area (Å²) in [5, 5.41) is 10.7. The molecule has 0 bridgehead atoms. The van der Waals surface area contributed by atoms with Crippen molar-refractivity contribution in [3.05, 3.63) is 5.01 Å². The van der Waals surface area contributed by atoms with E-state index in [4.69, 9.17) is 4.74 Å². The van der Waals surface area contributed by atoms with Crippen molar-refractivity contribution < 1.29 is 9.53 Å². The molecule has 2 aliphatic heterocycles. The fourth-order valence-corrected chi connectivity index (χ4v) is 4.44. The van der Waals surface area contributed by atoms with Crippen LogP contribution in [0.3, 0.4) is 0 Å². The Morgan fingerprint density at radius 2 is 2.13 bits per heavy atom. The second kappa shape index (κ2) is 6.73. The van der Waals surface area contributed by atoms with E-state index in [2.05, 4.69) is 28.9 Å². The topological polar surface area (TPSA) is 58.6 Å². The lowest BCUT2D eigenvalue weighted by molar-refractivity contribution is -0.145. The average Bonchev–Trinajstić information content (AvgIpc) is 3.17. The summed E-state index contributed by atoms with van der Waals surface area (Å²) in [4.78, 5) is 17.2. The van der Waals surface area contributed by atoms with Gasteiger partial charge in [-0.1, -0.05) is 25.2 Å². The van der Waals surface area contributed by atoms with Crippen molar-refractivity contribution >= 4 is 22.4 Å². The predicted octanol–water partition coefficient (Wildman–Crippen LogP) is 2.13. The van der Waals surface area contributed by atoms with Crippen LogP contribution in [0.2, 0.25) is 0 Å². The molecule has 2 aliphatic rings. The number of likely N-dealkylation sites (tertiary alicyclic amines) is 1. The number of carbonyl (C=O) groups is 1. The minimum atomic E-state index is -0.227. The molecular weight excluding hydrogens is 312 g/mol. The number of hydrogen-bond donors (Lipinski definition) is 0. The molecule has 0 unspecified atom stereocenters. The monoisotopic (exact) mass is 338 g/mol. The molecule has 7 heteroatoms. The maximum absolute atomic E-state index is 13.0. The van der Waals surface area contributed by atoms with E-state index in [-0.39, 0.29) is 5.41 Å². The molecule has 6 nitrogen and oxygen atoms in total. The third-order valence-electron chi connectivity index (χ3n) is 4.94. The van der Waals surface area contributed by atoms with Crippen LogP contribution in [0.4, 0.5) is 5.13 Å². The van der Waals surface area contributed by atoms with Crippen molar-refractivity contribution in [3.8, 4) is 0 Å².